The average Bonchev–Trinajstić information content (AvgIpc) is 2.35. The van der Waals surface area contributed by atoms with Gasteiger partial charge in [-0.3, -0.25) is 0 Å². The fourth-order valence-corrected chi connectivity index (χ4v) is 1.43. The van der Waals surface area contributed by atoms with Crippen molar-refractivity contribution < 1.29 is 15.3 Å². The molecule has 0 atom stereocenters. The van der Waals surface area contributed by atoms with E-state index in [9.17, 15) is 15.3 Å². The highest BCUT2D eigenvalue weighted by Gasteiger charge is 2.28. The first-order valence-corrected chi connectivity index (χ1v) is 5.61. The monoisotopic (exact) mass is 261 g/mol. The van der Waals surface area contributed by atoms with Crippen molar-refractivity contribution >= 4 is 17.4 Å². The summed E-state index contributed by atoms with van der Waals surface area (Å²) in [5, 5.41) is 30.6. The van der Waals surface area contributed by atoms with Crippen LogP contribution < -0.4 is 5.32 Å². The molecule has 0 aliphatic rings. The van der Waals surface area contributed by atoms with E-state index < -0.39 is 25.4 Å². The van der Waals surface area contributed by atoms with E-state index in [1.54, 1.807) is 0 Å². The summed E-state index contributed by atoms with van der Waals surface area (Å²) in [7, 11) is 0. The lowest BCUT2D eigenvalue weighted by Gasteiger charge is -2.29. The largest absolute Gasteiger partial charge is 0.394 e. The zero-order chi connectivity index (χ0) is 12.9. The van der Waals surface area contributed by atoms with Gasteiger partial charge in [0.2, 0.25) is 0 Å². The summed E-state index contributed by atoms with van der Waals surface area (Å²) >= 11 is 5.81. The van der Waals surface area contributed by atoms with Gasteiger partial charge in [0.05, 0.1) is 19.8 Å². The van der Waals surface area contributed by atoms with E-state index in [0.29, 0.717) is 18.1 Å². The number of halogens is 1. The van der Waals surface area contributed by atoms with Gasteiger partial charge in [0.15, 0.2) is 0 Å². The number of aryl methyl sites for hydroxylation is 1. The number of aromatic nitrogens is 2. The summed E-state index contributed by atoms with van der Waals surface area (Å²) in [5.41, 5.74) is -1.22. The van der Waals surface area contributed by atoms with Crippen molar-refractivity contribution in [2.45, 2.75) is 18.9 Å². The Morgan fingerprint density at radius 2 is 1.82 bits per heavy atom. The maximum atomic E-state index is 9.17. The van der Waals surface area contributed by atoms with Crippen LogP contribution in [0.25, 0.3) is 0 Å². The number of hydrogen-bond acceptors (Lipinski definition) is 6. The maximum absolute atomic E-state index is 9.17. The number of nitrogens with zero attached hydrogens (tertiary/aromatic N) is 2. The minimum Gasteiger partial charge on any atom is -0.394 e. The first kappa shape index (κ1) is 14.1. The normalized spacial score (nSPS) is 11.6. The van der Waals surface area contributed by atoms with Gasteiger partial charge in [0, 0.05) is 12.5 Å². The molecule has 0 saturated heterocycles. The number of nitrogens with one attached hydrogen (secondary N) is 1. The summed E-state index contributed by atoms with van der Waals surface area (Å²) in [6.45, 7) is 0.599. The standard InChI is InChI=1S/C10H16ClN3O3/c1-2-8-12-7(11)3-9(13-8)14-10(4-15,5-16)6-17/h3,15-17H,2,4-6H2,1H3,(H,12,13,14). The molecule has 1 aromatic rings. The van der Waals surface area contributed by atoms with Crippen LogP contribution in [0.3, 0.4) is 0 Å². The molecule has 0 amide bonds. The van der Waals surface area contributed by atoms with Gasteiger partial charge in [-0.1, -0.05) is 18.5 Å². The topological polar surface area (TPSA) is 98.5 Å². The molecule has 4 N–H and O–H groups in total. The van der Waals surface area contributed by atoms with Gasteiger partial charge < -0.3 is 20.6 Å². The van der Waals surface area contributed by atoms with Crippen molar-refractivity contribution in [3.05, 3.63) is 17.0 Å². The third-order valence-electron chi connectivity index (χ3n) is 2.36. The molecule has 0 aromatic carbocycles. The summed E-state index contributed by atoms with van der Waals surface area (Å²) in [5.74, 6) is 0.904. The highest BCUT2D eigenvalue weighted by Crippen LogP contribution is 2.16. The third kappa shape index (κ3) is 3.50. The van der Waals surface area contributed by atoms with E-state index in [-0.39, 0.29) is 5.15 Å². The Morgan fingerprint density at radius 1 is 1.24 bits per heavy atom. The molecule has 0 unspecified atom stereocenters. The molecule has 0 fully saturated rings. The van der Waals surface area contributed by atoms with E-state index in [0.717, 1.165) is 0 Å². The molecule has 0 aliphatic carbocycles. The van der Waals surface area contributed by atoms with E-state index in [4.69, 9.17) is 11.6 Å². The van der Waals surface area contributed by atoms with Crippen LogP contribution in [0.5, 0.6) is 0 Å². The highest BCUT2D eigenvalue weighted by molar-refractivity contribution is 6.29. The van der Waals surface area contributed by atoms with Crippen molar-refractivity contribution in [3.63, 3.8) is 0 Å². The molecule has 0 radical (unpaired) electrons. The Bertz CT molecular complexity index is 364. The van der Waals surface area contributed by atoms with Crippen LogP contribution >= 0.6 is 11.6 Å². The van der Waals surface area contributed by atoms with E-state index in [1.807, 2.05) is 6.92 Å². The molecule has 0 bridgehead atoms. The van der Waals surface area contributed by atoms with Crippen LogP contribution in [0.4, 0.5) is 5.82 Å². The van der Waals surface area contributed by atoms with Gasteiger partial charge in [-0.05, 0) is 0 Å². The summed E-state index contributed by atoms with van der Waals surface area (Å²) in [4.78, 5) is 8.13. The van der Waals surface area contributed by atoms with Gasteiger partial charge in [-0.2, -0.15) is 0 Å². The first-order chi connectivity index (χ1) is 8.09. The lowest BCUT2D eigenvalue weighted by Crippen LogP contribution is -2.49. The average molecular weight is 262 g/mol. The minimum atomic E-state index is -1.22. The highest BCUT2D eigenvalue weighted by atomic mass is 35.5. The summed E-state index contributed by atoms with van der Waals surface area (Å²) in [6.07, 6.45) is 0.611. The fourth-order valence-electron chi connectivity index (χ4n) is 1.23. The Hall–Kier alpha value is -0.950. The molecule has 1 aromatic heterocycles. The molecule has 6 nitrogen and oxygen atoms in total. The van der Waals surface area contributed by atoms with Gasteiger partial charge in [0.1, 0.15) is 22.3 Å². The van der Waals surface area contributed by atoms with Crippen LogP contribution in [-0.4, -0.2) is 50.6 Å². The van der Waals surface area contributed by atoms with Crippen molar-refractivity contribution in [2.24, 2.45) is 0 Å². The van der Waals surface area contributed by atoms with Gasteiger partial charge in [0.25, 0.3) is 0 Å². The van der Waals surface area contributed by atoms with Gasteiger partial charge in [-0.15, -0.1) is 0 Å². The molecule has 1 heterocycles. The smallest absolute Gasteiger partial charge is 0.134 e. The lowest BCUT2D eigenvalue weighted by molar-refractivity contribution is 0.0831. The Morgan fingerprint density at radius 3 is 2.29 bits per heavy atom. The molecular formula is C10H16ClN3O3. The minimum absolute atomic E-state index is 0.266. The number of rotatable bonds is 6. The quantitative estimate of drug-likeness (QED) is 0.531. The summed E-state index contributed by atoms with van der Waals surface area (Å²) < 4.78 is 0. The van der Waals surface area contributed by atoms with Crippen LogP contribution in [0.1, 0.15) is 12.7 Å². The zero-order valence-electron chi connectivity index (χ0n) is 9.52. The first-order valence-electron chi connectivity index (χ1n) is 5.23. The molecule has 17 heavy (non-hydrogen) atoms. The fraction of sp³-hybridized carbons (Fsp3) is 0.600. The Labute approximate surface area is 104 Å². The maximum Gasteiger partial charge on any atom is 0.134 e. The van der Waals surface area contributed by atoms with E-state index in [1.165, 1.54) is 6.07 Å². The number of hydrogen-bond donors (Lipinski definition) is 4. The predicted octanol–water partition coefficient (Wildman–Crippen LogP) is -0.180. The van der Waals surface area contributed by atoms with Gasteiger partial charge in [-0.25, -0.2) is 9.97 Å². The molecule has 1 rings (SSSR count). The second kappa shape index (κ2) is 6.11. The Balaban J connectivity index is 2.96. The number of anilines is 1. The molecule has 0 aliphatic heterocycles. The SMILES string of the molecule is CCc1nc(Cl)cc(NC(CO)(CO)CO)n1. The van der Waals surface area contributed by atoms with E-state index >= 15 is 0 Å². The van der Waals surface area contributed by atoms with Crippen molar-refractivity contribution in [3.8, 4) is 0 Å². The Kier molecular flexibility index (Phi) is 5.07. The predicted molar refractivity (Wildman–Crippen MR) is 64.0 cm³/mol. The van der Waals surface area contributed by atoms with Gasteiger partial charge >= 0.3 is 0 Å². The molecular weight excluding hydrogens is 246 g/mol. The van der Waals surface area contributed by atoms with Crippen molar-refractivity contribution in [1.82, 2.24) is 9.97 Å². The van der Waals surface area contributed by atoms with Crippen molar-refractivity contribution in [1.29, 1.82) is 0 Å². The molecule has 0 spiro atoms. The number of aliphatic hydroxyl groups is 3. The third-order valence-corrected chi connectivity index (χ3v) is 2.55. The summed E-state index contributed by atoms with van der Waals surface area (Å²) in [6, 6.07) is 1.47. The van der Waals surface area contributed by atoms with Crippen molar-refractivity contribution in [2.75, 3.05) is 25.1 Å². The van der Waals surface area contributed by atoms with E-state index in [2.05, 4.69) is 15.3 Å². The molecule has 96 valence electrons. The number of aliphatic hydroxyl groups excluding tert-OH is 3. The molecule has 7 heteroatoms. The van der Waals surface area contributed by atoms with Crippen LogP contribution in [-0.2, 0) is 6.42 Å². The van der Waals surface area contributed by atoms with Crippen LogP contribution in [0.15, 0.2) is 6.07 Å². The van der Waals surface area contributed by atoms with Crippen LogP contribution in [0, 0.1) is 0 Å². The lowest BCUT2D eigenvalue weighted by atomic mass is 10.0. The second-order valence-corrected chi connectivity index (χ2v) is 4.11. The zero-order valence-corrected chi connectivity index (χ0v) is 10.3. The second-order valence-electron chi connectivity index (χ2n) is 3.73. The molecule has 0 saturated carbocycles. The van der Waals surface area contributed by atoms with Crippen LogP contribution in [0.2, 0.25) is 5.15 Å².